The highest BCUT2D eigenvalue weighted by molar-refractivity contribution is 5.53. The van der Waals surface area contributed by atoms with Gasteiger partial charge in [-0.3, -0.25) is 0 Å². The summed E-state index contributed by atoms with van der Waals surface area (Å²) < 4.78 is 5.22. The van der Waals surface area contributed by atoms with Gasteiger partial charge in [-0.2, -0.15) is 0 Å². The van der Waals surface area contributed by atoms with Gasteiger partial charge in [0.25, 0.3) is 0 Å². The van der Waals surface area contributed by atoms with E-state index in [1.807, 2.05) is 13.8 Å². The van der Waals surface area contributed by atoms with Crippen molar-refractivity contribution in [1.29, 1.82) is 0 Å². The van der Waals surface area contributed by atoms with E-state index in [9.17, 15) is 0 Å². The molecular weight excluding hydrogens is 288 g/mol. The summed E-state index contributed by atoms with van der Waals surface area (Å²) in [5.74, 6) is 0.176. The zero-order valence-corrected chi connectivity index (χ0v) is 15.7. The first-order valence-electron chi connectivity index (χ1n) is 8.33. The molecule has 0 heterocycles. The molecule has 3 nitrogen and oxygen atoms in total. The van der Waals surface area contributed by atoms with E-state index in [4.69, 9.17) is 14.5 Å². The number of hydrogen-bond acceptors (Lipinski definition) is 3. The van der Waals surface area contributed by atoms with Gasteiger partial charge in [0, 0.05) is 13.0 Å². The van der Waals surface area contributed by atoms with Crippen molar-refractivity contribution in [2.45, 2.75) is 60.2 Å². The van der Waals surface area contributed by atoms with E-state index < -0.39 is 0 Å². The Labute approximate surface area is 141 Å². The quantitative estimate of drug-likeness (QED) is 0.267. The van der Waals surface area contributed by atoms with Crippen molar-refractivity contribution in [2.75, 3.05) is 13.7 Å². The molecule has 0 N–H and O–H groups in total. The highest BCUT2D eigenvalue weighted by Crippen LogP contribution is 2.39. The minimum atomic E-state index is -0.0906. The molecule has 0 aliphatic heterocycles. The maximum Gasteiger partial charge on any atom is 0.124 e. The Morgan fingerprint density at radius 2 is 1.91 bits per heavy atom. The number of rotatable bonds is 8. The van der Waals surface area contributed by atoms with Crippen LogP contribution in [0.5, 0.6) is 0 Å². The summed E-state index contributed by atoms with van der Waals surface area (Å²) in [6.07, 6.45) is 5.14. The third-order valence-corrected chi connectivity index (χ3v) is 4.62. The SMILES string of the molecule is C=C(C)C1=C(C)C(C=CC)C(OOCCC(C)OC)C(C)=C1C. The molecule has 0 radical (unpaired) electrons. The van der Waals surface area contributed by atoms with E-state index in [2.05, 4.69) is 46.4 Å². The lowest BCUT2D eigenvalue weighted by atomic mass is 9.76. The van der Waals surface area contributed by atoms with Crippen LogP contribution in [0.4, 0.5) is 0 Å². The lowest BCUT2D eigenvalue weighted by molar-refractivity contribution is -0.323. The number of allylic oxidation sites excluding steroid dienone is 4. The third kappa shape index (κ3) is 4.90. The molecule has 1 rings (SSSR count). The molecule has 0 fully saturated rings. The van der Waals surface area contributed by atoms with Crippen LogP contribution in [0.15, 0.2) is 46.6 Å². The molecule has 3 heteroatoms. The summed E-state index contributed by atoms with van der Waals surface area (Å²) in [5, 5.41) is 0. The molecule has 3 unspecified atom stereocenters. The first-order chi connectivity index (χ1) is 10.8. The molecule has 0 spiro atoms. The summed E-state index contributed by atoms with van der Waals surface area (Å²) in [4.78, 5) is 11.3. The topological polar surface area (TPSA) is 27.7 Å². The van der Waals surface area contributed by atoms with Crippen molar-refractivity contribution in [3.8, 4) is 0 Å². The monoisotopic (exact) mass is 320 g/mol. The van der Waals surface area contributed by atoms with Crippen LogP contribution in [0.1, 0.15) is 48.0 Å². The lowest BCUT2D eigenvalue weighted by Gasteiger charge is -2.34. The van der Waals surface area contributed by atoms with E-state index in [0.29, 0.717) is 6.61 Å². The summed E-state index contributed by atoms with van der Waals surface area (Å²) in [6, 6.07) is 0. The zero-order chi connectivity index (χ0) is 17.6. The minimum absolute atomic E-state index is 0.0906. The maximum atomic E-state index is 5.80. The third-order valence-electron chi connectivity index (χ3n) is 4.62. The van der Waals surface area contributed by atoms with E-state index in [1.54, 1.807) is 7.11 Å². The van der Waals surface area contributed by atoms with Gasteiger partial charge in [-0.15, -0.1) is 0 Å². The smallest absolute Gasteiger partial charge is 0.124 e. The molecule has 0 aromatic rings. The van der Waals surface area contributed by atoms with Crippen LogP contribution in [0.3, 0.4) is 0 Å². The van der Waals surface area contributed by atoms with Crippen LogP contribution in [0, 0.1) is 5.92 Å². The van der Waals surface area contributed by atoms with E-state index in [1.165, 1.54) is 22.3 Å². The zero-order valence-electron chi connectivity index (χ0n) is 15.7. The standard InChI is InChI=1S/C20H32O3/c1-9-10-18-17(7)19(13(2)3)15(5)16(6)20(18)23-22-12-11-14(4)21-8/h9-10,14,18,20H,2,11-12H2,1,3-8H3. The van der Waals surface area contributed by atoms with Gasteiger partial charge in [0.15, 0.2) is 0 Å². The molecule has 1 aliphatic rings. The number of hydrogen-bond donors (Lipinski definition) is 0. The Hall–Kier alpha value is -1.16. The number of ether oxygens (including phenoxy) is 1. The Bertz CT molecular complexity index is 511. The summed E-state index contributed by atoms with van der Waals surface area (Å²) >= 11 is 0. The second-order valence-electron chi connectivity index (χ2n) is 6.37. The van der Waals surface area contributed by atoms with Crippen LogP contribution in [-0.2, 0) is 14.5 Å². The van der Waals surface area contributed by atoms with Crippen LogP contribution < -0.4 is 0 Å². The van der Waals surface area contributed by atoms with Gasteiger partial charge in [0.2, 0.25) is 0 Å². The van der Waals surface area contributed by atoms with E-state index >= 15 is 0 Å². The second-order valence-corrected chi connectivity index (χ2v) is 6.37. The van der Waals surface area contributed by atoms with Crippen molar-refractivity contribution in [3.05, 3.63) is 46.6 Å². The van der Waals surface area contributed by atoms with Crippen molar-refractivity contribution in [1.82, 2.24) is 0 Å². The van der Waals surface area contributed by atoms with Crippen LogP contribution in [0.2, 0.25) is 0 Å². The average Bonchev–Trinajstić information content (AvgIpc) is 2.50. The summed E-state index contributed by atoms with van der Waals surface area (Å²) in [5.41, 5.74) is 6.10. The highest BCUT2D eigenvalue weighted by atomic mass is 17.2. The second kappa shape index (κ2) is 9.21. The molecule has 1 aliphatic carbocycles. The molecule has 3 atom stereocenters. The fraction of sp³-hybridized carbons (Fsp3) is 0.600. The minimum Gasteiger partial charge on any atom is -0.382 e. The Kier molecular flexibility index (Phi) is 7.97. The Morgan fingerprint density at radius 1 is 1.26 bits per heavy atom. The molecule has 0 saturated carbocycles. The molecule has 130 valence electrons. The van der Waals surface area contributed by atoms with Crippen LogP contribution in [-0.4, -0.2) is 25.9 Å². The van der Waals surface area contributed by atoms with Gasteiger partial charge in [0.05, 0.1) is 12.7 Å². The van der Waals surface area contributed by atoms with Crippen molar-refractivity contribution >= 4 is 0 Å². The molecule has 0 saturated heterocycles. The van der Waals surface area contributed by atoms with Crippen LogP contribution >= 0.6 is 0 Å². The van der Waals surface area contributed by atoms with Gasteiger partial charge in [0.1, 0.15) is 6.10 Å². The van der Waals surface area contributed by atoms with Gasteiger partial charge < -0.3 is 4.74 Å². The van der Waals surface area contributed by atoms with Crippen LogP contribution in [0.25, 0.3) is 0 Å². The molecule has 0 aromatic carbocycles. The van der Waals surface area contributed by atoms with E-state index in [-0.39, 0.29) is 18.1 Å². The van der Waals surface area contributed by atoms with Gasteiger partial charge in [-0.25, -0.2) is 9.78 Å². The summed E-state index contributed by atoms with van der Waals surface area (Å²) in [7, 11) is 1.71. The maximum absolute atomic E-state index is 5.80. The summed E-state index contributed by atoms with van der Waals surface area (Å²) in [6.45, 7) is 17.2. The molecule has 0 amide bonds. The predicted octanol–water partition coefficient (Wildman–Crippen LogP) is 5.16. The first-order valence-corrected chi connectivity index (χ1v) is 8.33. The predicted molar refractivity (Wildman–Crippen MR) is 96.1 cm³/mol. The van der Waals surface area contributed by atoms with E-state index in [0.717, 1.165) is 12.0 Å². The average molecular weight is 320 g/mol. The van der Waals surface area contributed by atoms with Crippen molar-refractivity contribution in [2.24, 2.45) is 5.92 Å². The highest BCUT2D eigenvalue weighted by Gasteiger charge is 2.32. The Morgan fingerprint density at radius 3 is 2.43 bits per heavy atom. The molecular formula is C20H32O3. The number of methoxy groups -OCH3 is 1. The van der Waals surface area contributed by atoms with Gasteiger partial charge >= 0.3 is 0 Å². The largest absolute Gasteiger partial charge is 0.382 e. The Balaban J connectivity index is 2.92. The van der Waals surface area contributed by atoms with Crippen molar-refractivity contribution in [3.63, 3.8) is 0 Å². The fourth-order valence-electron chi connectivity index (χ4n) is 3.06. The lowest BCUT2D eigenvalue weighted by Crippen LogP contribution is -2.30. The normalized spacial score (nSPS) is 23.8. The van der Waals surface area contributed by atoms with Crippen molar-refractivity contribution < 1.29 is 14.5 Å². The molecule has 23 heavy (non-hydrogen) atoms. The van der Waals surface area contributed by atoms with Gasteiger partial charge in [-0.1, -0.05) is 29.9 Å². The molecule has 0 aromatic heterocycles. The first kappa shape index (κ1) is 19.9. The molecule has 0 bridgehead atoms. The van der Waals surface area contributed by atoms with Gasteiger partial charge in [-0.05, 0) is 64.7 Å². The fourth-order valence-corrected chi connectivity index (χ4v) is 3.06.